The van der Waals surface area contributed by atoms with Crippen molar-refractivity contribution in [1.29, 1.82) is 0 Å². The van der Waals surface area contributed by atoms with Crippen LogP contribution in [-0.2, 0) is 0 Å². The van der Waals surface area contributed by atoms with Gasteiger partial charge in [0.25, 0.3) is 0 Å². The average molecular weight is 196 g/mol. The third-order valence-electron chi connectivity index (χ3n) is 4.12. The number of hydrogen-bond acceptors (Lipinski definition) is 2. The molecule has 1 saturated heterocycles. The van der Waals surface area contributed by atoms with Crippen LogP contribution in [0.25, 0.3) is 0 Å². The zero-order chi connectivity index (χ0) is 10.1. The Balaban J connectivity index is 2.00. The Morgan fingerprint density at radius 2 is 1.86 bits per heavy atom. The predicted octanol–water partition coefficient (Wildman–Crippen LogP) is 1.99. The van der Waals surface area contributed by atoms with Gasteiger partial charge in [-0.25, -0.2) is 0 Å². The van der Waals surface area contributed by atoms with Gasteiger partial charge in [0.2, 0.25) is 0 Å². The largest absolute Gasteiger partial charge is 0.326 e. The van der Waals surface area contributed by atoms with E-state index in [0.29, 0.717) is 12.1 Å². The van der Waals surface area contributed by atoms with Crippen LogP contribution >= 0.6 is 0 Å². The maximum atomic E-state index is 6.18. The topological polar surface area (TPSA) is 29.3 Å². The second-order valence-electron chi connectivity index (χ2n) is 5.39. The summed E-state index contributed by atoms with van der Waals surface area (Å²) in [6, 6.07) is 1.90. The fourth-order valence-corrected chi connectivity index (χ4v) is 3.17. The minimum Gasteiger partial charge on any atom is -0.326 e. The molecule has 1 saturated carbocycles. The molecule has 1 heterocycles. The first kappa shape index (κ1) is 10.4. The second-order valence-corrected chi connectivity index (χ2v) is 5.39. The van der Waals surface area contributed by atoms with Gasteiger partial charge in [-0.05, 0) is 38.5 Å². The van der Waals surface area contributed by atoms with E-state index in [0.717, 1.165) is 12.0 Å². The zero-order valence-electron chi connectivity index (χ0n) is 9.58. The van der Waals surface area contributed by atoms with Gasteiger partial charge < -0.3 is 5.73 Å². The second kappa shape index (κ2) is 4.19. The van der Waals surface area contributed by atoms with Crippen molar-refractivity contribution in [2.75, 3.05) is 6.54 Å². The van der Waals surface area contributed by atoms with Gasteiger partial charge in [0.15, 0.2) is 0 Å². The molecule has 14 heavy (non-hydrogen) atoms. The van der Waals surface area contributed by atoms with Crippen molar-refractivity contribution in [1.82, 2.24) is 4.90 Å². The summed E-state index contributed by atoms with van der Waals surface area (Å²) >= 11 is 0. The van der Waals surface area contributed by atoms with Crippen LogP contribution in [0.5, 0.6) is 0 Å². The molecule has 1 aliphatic heterocycles. The van der Waals surface area contributed by atoms with Crippen molar-refractivity contribution in [3.63, 3.8) is 0 Å². The van der Waals surface area contributed by atoms with Gasteiger partial charge in [0.1, 0.15) is 0 Å². The van der Waals surface area contributed by atoms with E-state index in [2.05, 4.69) is 18.7 Å². The van der Waals surface area contributed by atoms with Gasteiger partial charge in [0.05, 0.1) is 0 Å². The number of rotatable bonds is 1. The maximum Gasteiger partial charge on any atom is 0.0250 e. The summed E-state index contributed by atoms with van der Waals surface area (Å²) in [6.07, 6.45) is 6.67. The summed E-state index contributed by atoms with van der Waals surface area (Å²) in [5, 5.41) is 0. The highest BCUT2D eigenvalue weighted by atomic mass is 15.2. The smallest absolute Gasteiger partial charge is 0.0250 e. The lowest BCUT2D eigenvalue weighted by Crippen LogP contribution is -2.52. The van der Waals surface area contributed by atoms with Crippen LogP contribution in [0.1, 0.15) is 46.0 Å². The average Bonchev–Trinajstić information content (AvgIpc) is 2.56. The van der Waals surface area contributed by atoms with Gasteiger partial charge >= 0.3 is 0 Å². The Bertz CT molecular complexity index is 193. The van der Waals surface area contributed by atoms with E-state index in [1.807, 2.05) is 0 Å². The van der Waals surface area contributed by atoms with Gasteiger partial charge in [0, 0.05) is 24.7 Å². The number of piperidine rings is 1. The predicted molar refractivity (Wildman–Crippen MR) is 60.2 cm³/mol. The van der Waals surface area contributed by atoms with E-state index in [9.17, 15) is 0 Å². The monoisotopic (exact) mass is 196 g/mol. The molecule has 0 aromatic rings. The summed E-state index contributed by atoms with van der Waals surface area (Å²) in [6.45, 7) is 6.02. The first-order valence-corrected chi connectivity index (χ1v) is 6.20. The molecule has 2 N–H and O–H groups in total. The number of likely N-dealkylation sites (tertiary alicyclic amines) is 1. The molecule has 2 fully saturated rings. The molecule has 82 valence electrons. The van der Waals surface area contributed by atoms with E-state index >= 15 is 0 Å². The van der Waals surface area contributed by atoms with E-state index < -0.39 is 0 Å². The molecular weight excluding hydrogens is 172 g/mol. The fraction of sp³-hybridized carbons (Fsp3) is 1.00. The molecule has 0 radical (unpaired) electrons. The Hall–Kier alpha value is -0.0800. The summed E-state index contributed by atoms with van der Waals surface area (Å²) < 4.78 is 0. The van der Waals surface area contributed by atoms with Gasteiger partial charge in [-0.2, -0.15) is 0 Å². The minimum absolute atomic E-state index is 0.447. The molecule has 0 spiro atoms. The minimum atomic E-state index is 0.447. The molecule has 1 aliphatic carbocycles. The molecule has 2 aliphatic rings. The van der Waals surface area contributed by atoms with E-state index in [1.165, 1.54) is 38.6 Å². The van der Waals surface area contributed by atoms with E-state index in [1.54, 1.807) is 0 Å². The lowest BCUT2D eigenvalue weighted by molar-refractivity contribution is 0.0724. The molecule has 2 nitrogen and oxygen atoms in total. The first-order valence-electron chi connectivity index (χ1n) is 6.20. The quantitative estimate of drug-likeness (QED) is 0.695. The molecule has 0 amide bonds. The van der Waals surface area contributed by atoms with Crippen LogP contribution < -0.4 is 5.73 Å². The van der Waals surface area contributed by atoms with Gasteiger partial charge in [-0.15, -0.1) is 0 Å². The van der Waals surface area contributed by atoms with E-state index in [4.69, 9.17) is 5.73 Å². The van der Waals surface area contributed by atoms with Crippen LogP contribution in [0, 0.1) is 5.92 Å². The van der Waals surface area contributed by atoms with Crippen LogP contribution in [0.3, 0.4) is 0 Å². The van der Waals surface area contributed by atoms with Crippen molar-refractivity contribution < 1.29 is 0 Å². The van der Waals surface area contributed by atoms with Crippen molar-refractivity contribution in [3.8, 4) is 0 Å². The number of hydrogen-bond donors (Lipinski definition) is 1. The first-order chi connectivity index (χ1) is 6.68. The standard InChI is InChI=1S/C12H24N2/c1-9-6-7-10(2)14(8-9)12-5-3-4-11(12)13/h9-12H,3-8,13H2,1-2H3. The van der Waals surface area contributed by atoms with E-state index in [-0.39, 0.29) is 0 Å². The zero-order valence-corrected chi connectivity index (χ0v) is 9.58. The van der Waals surface area contributed by atoms with Crippen molar-refractivity contribution >= 4 is 0 Å². The molecule has 2 heteroatoms. The molecule has 0 bridgehead atoms. The van der Waals surface area contributed by atoms with Crippen molar-refractivity contribution in [3.05, 3.63) is 0 Å². The summed E-state index contributed by atoms with van der Waals surface area (Å²) in [5.74, 6) is 0.874. The molecule has 4 atom stereocenters. The molecule has 0 aromatic heterocycles. The highest BCUT2D eigenvalue weighted by Crippen LogP contribution is 2.30. The number of nitrogens with two attached hydrogens (primary N) is 1. The Morgan fingerprint density at radius 3 is 2.50 bits per heavy atom. The third kappa shape index (κ3) is 1.96. The third-order valence-corrected chi connectivity index (χ3v) is 4.12. The highest BCUT2D eigenvalue weighted by molar-refractivity contribution is 4.92. The summed E-state index contributed by atoms with van der Waals surface area (Å²) in [7, 11) is 0. The van der Waals surface area contributed by atoms with Crippen molar-refractivity contribution in [2.24, 2.45) is 11.7 Å². The van der Waals surface area contributed by atoms with Crippen molar-refractivity contribution in [2.45, 2.75) is 64.1 Å². The maximum absolute atomic E-state index is 6.18. The van der Waals surface area contributed by atoms with Gasteiger partial charge in [-0.3, -0.25) is 4.90 Å². The van der Waals surface area contributed by atoms with Crippen LogP contribution in [0.2, 0.25) is 0 Å². The van der Waals surface area contributed by atoms with Crippen LogP contribution in [0.4, 0.5) is 0 Å². The normalized spacial score (nSPS) is 45.6. The highest BCUT2D eigenvalue weighted by Gasteiger charge is 2.34. The van der Waals surface area contributed by atoms with Crippen LogP contribution in [0.15, 0.2) is 0 Å². The number of nitrogens with zero attached hydrogens (tertiary/aromatic N) is 1. The molecule has 0 aromatic carbocycles. The lowest BCUT2D eigenvalue weighted by atomic mass is 9.92. The molecular formula is C12H24N2. The Kier molecular flexibility index (Phi) is 3.13. The SMILES string of the molecule is CC1CCC(C)N(C2CCCC2N)C1. The summed E-state index contributed by atoms with van der Waals surface area (Å²) in [5.41, 5.74) is 6.18. The molecule has 4 unspecified atom stereocenters. The Labute approximate surface area is 87.8 Å². The lowest BCUT2D eigenvalue weighted by Gasteiger charge is -2.42. The van der Waals surface area contributed by atoms with Gasteiger partial charge in [-0.1, -0.05) is 13.3 Å². The summed E-state index contributed by atoms with van der Waals surface area (Å²) in [4.78, 5) is 2.69. The Morgan fingerprint density at radius 1 is 1.07 bits per heavy atom. The van der Waals surface area contributed by atoms with Crippen LogP contribution in [-0.4, -0.2) is 29.6 Å². The molecule has 2 rings (SSSR count). The fourth-order valence-electron chi connectivity index (χ4n) is 3.17.